The molecule has 2 amide bonds. The second-order valence-corrected chi connectivity index (χ2v) is 9.66. The summed E-state index contributed by atoms with van der Waals surface area (Å²) in [5, 5.41) is 16.9. The SMILES string of the molecule is Cc1nn(C)cc1-c1cc(C#N)cc(C(=O)NC2CC3(C2)CC(Oc2ncccc2C(N)=O)C3)c1. The summed E-state index contributed by atoms with van der Waals surface area (Å²) in [7, 11) is 1.84. The summed E-state index contributed by atoms with van der Waals surface area (Å²) < 4.78 is 7.63. The van der Waals surface area contributed by atoms with Gasteiger partial charge in [0.05, 0.1) is 17.3 Å². The van der Waals surface area contributed by atoms with Crippen LogP contribution in [-0.4, -0.2) is 38.7 Å². The first-order chi connectivity index (χ1) is 16.7. The van der Waals surface area contributed by atoms with Gasteiger partial charge in [0, 0.05) is 36.6 Å². The highest BCUT2D eigenvalue weighted by Gasteiger charge is 2.54. The number of nitrogens with two attached hydrogens (primary N) is 1. The van der Waals surface area contributed by atoms with Gasteiger partial charge in [0.25, 0.3) is 11.8 Å². The van der Waals surface area contributed by atoms with Crippen LogP contribution in [0.2, 0.25) is 0 Å². The number of pyridine rings is 1. The first-order valence-electron chi connectivity index (χ1n) is 11.5. The molecule has 0 bridgehead atoms. The summed E-state index contributed by atoms with van der Waals surface area (Å²) in [6.07, 6.45) is 6.89. The van der Waals surface area contributed by atoms with E-state index in [0.717, 1.165) is 42.5 Å². The molecule has 5 rings (SSSR count). The summed E-state index contributed by atoms with van der Waals surface area (Å²) in [4.78, 5) is 28.7. The maximum Gasteiger partial charge on any atom is 0.254 e. The number of primary amides is 1. The predicted molar refractivity (Wildman–Crippen MR) is 127 cm³/mol. The van der Waals surface area contributed by atoms with Crippen molar-refractivity contribution in [1.82, 2.24) is 20.1 Å². The predicted octanol–water partition coefficient (Wildman–Crippen LogP) is 2.88. The second kappa shape index (κ2) is 8.55. The minimum absolute atomic E-state index is 0.0164. The first-order valence-corrected chi connectivity index (χ1v) is 11.5. The van der Waals surface area contributed by atoms with Crippen LogP contribution in [0.4, 0.5) is 0 Å². The quantitative estimate of drug-likeness (QED) is 0.569. The van der Waals surface area contributed by atoms with Crippen LogP contribution >= 0.6 is 0 Å². The molecule has 9 heteroatoms. The lowest BCUT2D eigenvalue weighted by molar-refractivity contribution is -0.0848. The van der Waals surface area contributed by atoms with Gasteiger partial charge in [-0.3, -0.25) is 14.3 Å². The van der Waals surface area contributed by atoms with Crippen LogP contribution in [0, 0.1) is 23.7 Å². The molecule has 2 saturated carbocycles. The topological polar surface area (TPSA) is 136 Å². The van der Waals surface area contributed by atoms with E-state index in [1.54, 1.807) is 35.1 Å². The number of nitrogens with zero attached hydrogens (tertiary/aromatic N) is 4. The number of ether oxygens (including phenoxy) is 1. The maximum atomic E-state index is 13.0. The Hall–Kier alpha value is -4.19. The maximum absolute atomic E-state index is 13.0. The van der Waals surface area contributed by atoms with Crippen molar-refractivity contribution >= 4 is 11.8 Å². The molecule has 178 valence electrons. The van der Waals surface area contributed by atoms with Gasteiger partial charge in [0.15, 0.2) is 0 Å². The second-order valence-electron chi connectivity index (χ2n) is 9.66. The van der Waals surface area contributed by atoms with E-state index in [2.05, 4.69) is 21.5 Å². The zero-order valence-electron chi connectivity index (χ0n) is 19.6. The van der Waals surface area contributed by atoms with Gasteiger partial charge in [-0.05, 0) is 73.9 Å². The van der Waals surface area contributed by atoms with Crippen LogP contribution < -0.4 is 15.8 Å². The van der Waals surface area contributed by atoms with Gasteiger partial charge in [0.2, 0.25) is 5.88 Å². The van der Waals surface area contributed by atoms with E-state index >= 15 is 0 Å². The fourth-order valence-corrected chi connectivity index (χ4v) is 5.37. The number of nitriles is 1. The number of nitrogens with one attached hydrogen (secondary N) is 1. The van der Waals surface area contributed by atoms with Crippen LogP contribution in [0.3, 0.4) is 0 Å². The van der Waals surface area contributed by atoms with Gasteiger partial charge in [-0.15, -0.1) is 0 Å². The normalized spacial score (nSPS) is 22.5. The van der Waals surface area contributed by atoms with Gasteiger partial charge in [-0.25, -0.2) is 4.98 Å². The Bertz CT molecular complexity index is 1360. The minimum atomic E-state index is -0.559. The molecule has 2 fully saturated rings. The molecule has 1 aromatic carbocycles. The van der Waals surface area contributed by atoms with Gasteiger partial charge in [-0.1, -0.05) is 0 Å². The van der Waals surface area contributed by atoms with Crippen molar-refractivity contribution < 1.29 is 14.3 Å². The lowest BCUT2D eigenvalue weighted by Crippen LogP contribution is -2.58. The van der Waals surface area contributed by atoms with Gasteiger partial charge in [-0.2, -0.15) is 10.4 Å². The average molecular weight is 471 g/mol. The molecule has 0 aliphatic heterocycles. The van der Waals surface area contributed by atoms with Crippen LogP contribution in [0.15, 0.2) is 42.7 Å². The van der Waals surface area contributed by atoms with Crippen LogP contribution in [0.1, 0.15) is 57.7 Å². The number of carbonyl (C=O) groups is 2. The fourth-order valence-electron chi connectivity index (χ4n) is 5.37. The summed E-state index contributed by atoms with van der Waals surface area (Å²) in [6.45, 7) is 1.90. The average Bonchev–Trinajstić information content (AvgIpc) is 3.13. The zero-order chi connectivity index (χ0) is 24.7. The van der Waals surface area contributed by atoms with E-state index in [1.807, 2.05) is 26.2 Å². The smallest absolute Gasteiger partial charge is 0.254 e. The summed E-state index contributed by atoms with van der Waals surface area (Å²) in [5.41, 5.74) is 9.27. The van der Waals surface area contributed by atoms with E-state index in [0.29, 0.717) is 11.1 Å². The Kier molecular flexibility index (Phi) is 5.52. The number of benzene rings is 1. The first kappa shape index (κ1) is 22.6. The third-order valence-electron chi connectivity index (χ3n) is 6.98. The van der Waals surface area contributed by atoms with Crippen LogP contribution in [-0.2, 0) is 7.05 Å². The molecule has 9 nitrogen and oxygen atoms in total. The number of hydrogen-bond acceptors (Lipinski definition) is 6. The Morgan fingerprint density at radius 1 is 1.26 bits per heavy atom. The van der Waals surface area contributed by atoms with Gasteiger partial charge >= 0.3 is 0 Å². The highest BCUT2D eigenvalue weighted by molar-refractivity contribution is 5.96. The summed E-state index contributed by atoms with van der Waals surface area (Å²) in [6, 6.07) is 10.7. The van der Waals surface area contributed by atoms with Crippen molar-refractivity contribution in [3.63, 3.8) is 0 Å². The molecule has 1 spiro atoms. The van der Waals surface area contributed by atoms with Crippen LogP contribution in [0.25, 0.3) is 11.1 Å². The highest BCUT2D eigenvalue weighted by atomic mass is 16.5. The van der Waals surface area contributed by atoms with Gasteiger partial charge < -0.3 is 15.8 Å². The molecule has 2 aliphatic rings. The van der Waals surface area contributed by atoms with Crippen molar-refractivity contribution in [3.8, 4) is 23.1 Å². The molecule has 2 aromatic heterocycles. The lowest BCUT2D eigenvalue weighted by atomic mass is 9.53. The zero-order valence-corrected chi connectivity index (χ0v) is 19.6. The molecule has 0 radical (unpaired) electrons. The molecular weight excluding hydrogens is 444 g/mol. The van der Waals surface area contributed by atoms with E-state index < -0.39 is 5.91 Å². The monoisotopic (exact) mass is 470 g/mol. The number of carbonyl (C=O) groups excluding carboxylic acids is 2. The molecule has 35 heavy (non-hydrogen) atoms. The number of amides is 2. The standard InChI is InChI=1S/C26H26N6O3/c1-15-22(14-32(2)31-15)17-6-16(13-27)7-18(8-17)24(34)30-19-9-26(10-19)11-20(12-26)35-25-21(23(28)33)4-3-5-29-25/h3-8,14,19-20H,9-12H2,1-2H3,(H2,28,33)(H,30,34). The number of aromatic nitrogens is 3. The minimum Gasteiger partial charge on any atom is -0.474 e. The summed E-state index contributed by atoms with van der Waals surface area (Å²) >= 11 is 0. The highest BCUT2D eigenvalue weighted by Crippen LogP contribution is 2.56. The largest absolute Gasteiger partial charge is 0.474 e. The molecular formula is C26H26N6O3. The molecule has 0 atom stereocenters. The molecule has 2 heterocycles. The van der Waals surface area contributed by atoms with Crippen molar-refractivity contribution in [2.45, 2.75) is 44.8 Å². The van der Waals surface area contributed by atoms with E-state index in [4.69, 9.17) is 10.5 Å². The summed E-state index contributed by atoms with van der Waals surface area (Å²) in [5.74, 6) is -0.464. The molecule has 0 saturated heterocycles. The Morgan fingerprint density at radius 2 is 2.03 bits per heavy atom. The Morgan fingerprint density at radius 3 is 2.69 bits per heavy atom. The number of aryl methyl sites for hydroxylation is 2. The van der Waals surface area contributed by atoms with Crippen LogP contribution in [0.5, 0.6) is 5.88 Å². The van der Waals surface area contributed by atoms with Crippen molar-refractivity contribution in [2.24, 2.45) is 18.2 Å². The van der Waals surface area contributed by atoms with E-state index in [-0.39, 0.29) is 34.9 Å². The van der Waals surface area contributed by atoms with Gasteiger partial charge in [0.1, 0.15) is 11.7 Å². The van der Waals surface area contributed by atoms with E-state index in [1.165, 1.54) is 0 Å². The Balaban J connectivity index is 1.19. The van der Waals surface area contributed by atoms with Crippen molar-refractivity contribution in [1.29, 1.82) is 5.26 Å². The molecule has 3 aromatic rings. The number of hydrogen-bond donors (Lipinski definition) is 2. The molecule has 3 N–H and O–H groups in total. The molecule has 2 aliphatic carbocycles. The Labute approximate surface area is 202 Å². The van der Waals surface area contributed by atoms with Crippen molar-refractivity contribution in [2.75, 3.05) is 0 Å². The van der Waals surface area contributed by atoms with E-state index in [9.17, 15) is 14.9 Å². The fraction of sp³-hybridized carbons (Fsp3) is 0.346. The molecule has 0 unspecified atom stereocenters. The number of rotatable bonds is 6. The third-order valence-corrected chi connectivity index (χ3v) is 6.98. The lowest BCUT2D eigenvalue weighted by Gasteiger charge is -2.57. The van der Waals surface area contributed by atoms with Crippen molar-refractivity contribution in [3.05, 3.63) is 65.1 Å². The third kappa shape index (κ3) is 4.35.